The van der Waals surface area contributed by atoms with Crippen molar-refractivity contribution in [3.63, 3.8) is 0 Å². The topological polar surface area (TPSA) is 64.9 Å². The van der Waals surface area contributed by atoms with Crippen molar-refractivity contribution in [3.05, 3.63) is 11.7 Å². The van der Waals surface area contributed by atoms with Crippen LogP contribution in [0.25, 0.3) is 0 Å². The van der Waals surface area contributed by atoms with E-state index in [0.29, 0.717) is 11.1 Å². The first-order valence-corrected chi connectivity index (χ1v) is 7.24. The second kappa shape index (κ2) is 4.98. The molecule has 0 spiro atoms. The van der Waals surface area contributed by atoms with Crippen LogP contribution in [0.3, 0.4) is 0 Å². The number of rotatable bonds is 2. The van der Waals surface area contributed by atoms with Crippen LogP contribution in [0.5, 0.6) is 0 Å². The van der Waals surface area contributed by atoms with E-state index in [0.717, 1.165) is 12.2 Å². The lowest BCUT2D eigenvalue weighted by Gasteiger charge is -2.23. The zero-order chi connectivity index (χ0) is 12.5. The van der Waals surface area contributed by atoms with Gasteiger partial charge in [0.25, 0.3) is 0 Å². The van der Waals surface area contributed by atoms with Gasteiger partial charge in [-0.1, -0.05) is 32.3 Å². The Morgan fingerprint density at radius 1 is 1.41 bits per heavy atom. The highest BCUT2D eigenvalue weighted by Gasteiger charge is 2.29. The van der Waals surface area contributed by atoms with Crippen molar-refractivity contribution in [3.8, 4) is 0 Å². The maximum absolute atomic E-state index is 6.11. The summed E-state index contributed by atoms with van der Waals surface area (Å²) in [6.45, 7) is 6.24. The smallest absolute Gasteiger partial charge is 0.244 e. The Morgan fingerprint density at radius 3 is 2.76 bits per heavy atom. The van der Waals surface area contributed by atoms with Crippen molar-refractivity contribution in [1.29, 1.82) is 0 Å². The molecule has 1 fully saturated rings. The van der Waals surface area contributed by atoms with E-state index >= 15 is 0 Å². The molecule has 1 aromatic heterocycles. The van der Waals surface area contributed by atoms with Gasteiger partial charge in [0.05, 0.1) is 11.3 Å². The van der Waals surface area contributed by atoms with Crippen LogP contribution in [0.4, 0.5) is 0 Å². The van der Waals surface area contributed by atoms with Crippen molar-refractivity contribution >= 4 is 11.8 Å². The molecule has 0 bridgehead atoms. The monoisotopic (exact) mass is 255 g/mol. The molecule has 17 heavy (non-hydrogen) atoms. The third-order valence-corrected chi connectivity index (χ3v) is 4.50. The molecule has 2 heterocycles. The minimum atomic E-state index is -0.197. The molecule has 2 atom stereocenters. The van der Waals surface area contributed by atoms with E-state index in [1.54, 1.807) is 0 Å². The molecule has 2 N–H and O–H groups in total. The molecule has 2 rings (SSSR count). The van der Waals surface area contributed by atoms with E-state index in [9.17, 15) is 0 Å². The van der Waals surface area contributed by atoms with E-state index in [-0.39, 0.29) is 11.5 Å². The average Bonchev–Trinajstić information content (AvgIpc) is 2.77. The number of aromatic nitrogens is 2. The summed E-state index contributed by atoms with van der Waals surface area (Å²) in [6.07, 6.45) is 3.70. The van der Waals surface area contributed by atoms with Gasteiger partial charge in [0, 0.05) is 0 Å². The number of nitrogens with zero attached hydrogens (tertiary/aromatic N) is 2. The van der Waals surface area contributed by atoms with Gasteiger partial charge in [0.2, 0.25) is 5.89 Å². The molecule has 1 aliphatic heterocycles. The second-order valence-corrected chi connectivity index (χ2v) is 7.00. The first-order chi connectivity index (χ1) is 7.98. The Kier molecular flexibility index (Phi) is 3.78. The summed E-state index contributed by atoms with van der Waals surface area (Å²) in [5, 5.41) is 4.48. The molecule has 0 radical (unpaired) electrons. The number of thioether (sulfide) groups is 1. The first kappa shape index (κ1) is 12.9. The number of hydrogen-bond donors (Lipinski definition) is 1. The Labute approximate surface area is 107 Å². The van der Waals surface area contributed by atoms with Crippen LogP contribution >= 0.6 is 11.8 Å². The Hall–Kier alpha value is -0.550. The van der Waals surface area contributed by atoms with E-state index in [1.807, 2.05) is 11.8 Å². The number of hydrogen-bond acceptors (Lipinski definition) is 5. The molecule has 0 aromatic carbocycles. The van der Waals surface area contributed by atoms with E-state index < -0.39 is 0 Å². The second-order valence-electron chi connectivity index (χ2n) is 5.69. The lowest BCUT2D eigenvalue weighted by atomic mass is 9.87. The maximum Gasteiger partial charge on any atom is 0.244 e. The molecule has 0 aliphatic carbocycles. The molecule has 0 amide bonds. The van der Waals surface area contributed by atoms with E-state index in [1.165, 1.54) is 18.6 Å². The van der Waals surface area contributed by atoms with Crippen LogP contribution < -0.4 is 5.73 Å². The van der Waals surface area contributed by atoms with Crippen LogP contribution in [0.15, 0.2) is 4.52 Å². The molecular formula is C12H21N3OS. The molecule has 1 aromatic rings. The van der Waals surface area contributed by atoms with Crippen LogP contribution in [-0.2, 0) is 0 Å². The van der Waals surface area contributed by atoms with Crippen LogP contribution in [0.1, 0.15) is 63.0 Å². The Balaban J connectivity index is 2.10. The van der Waals surface area contributed by atoms with E-state index in [2.05, 4.69) is 30.9 Å². The lowest BCUT2D eigenvalue weighted by molar-refractivity contribution is 0.252. The van der Waals surface area contributed by atoms with Gasteiger partial charge in [-0.15, -0.1) is 0 Å². The Bertz CT molecular complexity index is 366. The normalized spacial score (nSPS) is 23.6. The van der Waals surface area contributed by atoms with Gasteiger partial charge in [0.1, 0.15) is 0 Å². The average molecular weight is 255 g/mol. The third kappa shape index (κ3) is 3.01. The summed E-state index contributed by atoms with van der Waals surface area (Å²) in [4.78, 5) is 4.48. The molecule has 96 valence electrons. The molecule has 0 saturated carbocycles. The minimum Gasteiger partial charge on any atom is -0.338 e. The number of nitrogens with two attached hydrogens (primary N) is 1. The van der Waals surface area contributed by atoms with Crippen molar-refractivity contribution in [2.24, 2.45) is 11.1 Å². The van der Waals surface area contributed by atoms with Crippen molar-refractivity contribution in [1.82, 2.24) is 10.1 Å². The fourth-order valence-electron chi connectivity index (χ4n) is 1.82. The zero-order valence-corrected chi connectivity index (χ0v) is 11.6. The summed E-state index contributed by atoms with van der Waals surface area (Å²) in [5.74, 6) is 2.59. The van der Waals surface area contributed by atoms with Crippen LogP contribution in [0.2, 0.25) is 0 Å². The van der Waals surface area contributed by atoms with Gasteiger partial charge in [-0.3, -0.25) is 0 Å². The fourth-order valence-corrected chi connectivity index (χ4v) is 3.05. The van der Waals surface area contributed by atoms with Crippen molar-refractivity contribution < 1.29 is 4.52 Å². The highest BCUT2D eigenvalue weighted by molar-refractivity contribution is 7.99. The SMILES string of the molecule is CC(C)(C)[C@H](N)c1nc(C2CCCCS2)no1. The lowest BCUT2D eigenvalue weighted by Crippen LogP contribution is -2.26. The predicted octanol–water partition coefficient (Wildman–Crippen LogP) is 3.07. The fraction of sp³-hybridized carbons (Fsp3) is 0.833. The summed E-state index contributed by atoms with van der Waals surface area (Å²) < 4.78 is 5.31. The Morgan fingerprint density at radius 2 is 2.18 bits per heavy atom. The van der Waals surface area contributed by atoms with Gasteiger partial charge in [-0.05, 0) is 24.0 Å². The zero-order valence-electron chi connectivity index (χ0n) is 10.8. The highest BCUT2D eigenvalue weighted by Crippen LogP contribution is 2.37. The summed E-state index contributed by atoms with van der Waals surface area (Å²) in [7, 11) is 0. The largest absolute Gasteiger partial charge is 0.338 e. The summed E-state index contributed by atoms with van der Waals surface area (Å²) in [6, 6.07) is -0.197. The standard InChI is InChI=1S/C12H21N3OS/c1-12(2,3)9(13)11-14-10(15-16-11)8-6-4-5-7-17-8/h8-9H,4-7,13H2,1-3H3/t8?,9-/m1/s1. The third-order valence-electron chi connectivity index (χ3n) is 3.12. The molecule has 4 nitrogen and oxygen atoms in total. The molecular weight excluding hydrogens is 234 g/mol. The van der Waals surface area contributed by atoms with Gasteiger partial charge in [-0.2, -0.15) is 16.7 Å². The van der Waals surface area contributed by atoms with Gasteiger partial charge in [0.15, 0.2) is 5.82 Å². The molecule has 1 unspecified atom stereocenters. The molecule has 1 saturated heterocycles. The molecule has 5 heteroatoms. The van der Waals surface area contributed by atoms with Gasteiger partial charge in [-0.25, -0.2) is 0 Å². The minimum absolute atomic E-state index is 0.0521. The molecule has 1 aliphatic rings. The maximum atomic E-state index is 6.11. The summed E-state index contributed by atoms with van der Waals surface area (Å²) >= 11 is 1.92. The van der Waals surface area contributed by atoms with Crippen molar-refractivity contribution in [2.45, 2.75) is 51.3 Å². The highest BCUT2D eigenvalue weighted by atomic mass is 32.2. The van der Waals surface area contributed by atoms with Gasteiger partial charge >= 0.3 is 0 Å². The van der Waals surface area contributed by atoms with Crippen molar-refractivity contribution in [2.75, 3.05) is 5.75 Å². The first-order valence-electron chi connectivity index (χ1n) is 6.19. The van der Waals surface area contributed by atoms with Crippen LogP contribution in [0, 0.1) is 5.41 Å². The van der Waals surface area contributed by atoms with Gasteiger partial charge < -0.3 is 10.3 Å². The predicted molar refractivity (Wildman–Crippen MR) is 69.7 cm³/mol. The van der Waals surface area contributed by atoms with E-state index in [4.69, 9.17) is 10.3 Å². The quantitative estimate of drug-likeness (QED) is 0.879. The summed E-state index contributed by atoms with van der Waals surface area (Å²) in [5.41, 5.74) is 6.06. The van der Waals surface area contributed by atoms with Crippen LogP contribution in [-0.4, -0.2) is 15.9 Å².